The normalized spacial score (nSPS) is 13.8. The molecule has 0 N–H and O–H groups in total. The molecule has 78 valence electrons. The molecule has 0 aliphatic heterocycles. The minimum Gasteiger partial charge on any atom is -0.490 e. The monoisotopic (exact) mass is 207 g/mol. The highest BCUT2D eigenvalue weighted by atomic mass is 16.6. The average molecular weight is 207 g/mol. The second-order valence-electron chi connectivity index (χ2n) is 3.36. The fourth-order valence-electron chi connectivity index (χ4n) is 1.77. The first-order valence-corrected chi connectivity index (χ1v) is 4.52. The van der Waals surface area contributed by atoms with E-state index in [1.807, 2.05) is 0 Å². The number of benzene rings is 1. The van der Waals surface area contributed by atoms with E-state index < -0.39 is 4.92 Å². The molecule has 0 unspecified atom stereocenters. The van der Waals surface area contributed by atoms with Gasteiger partial charge in [-0.2, -0.15) is 0 Å². The molecule has 15 heavy (non-hydrogen) atoms. The molecule has 0 amide bonds. The number of carbonyl (C=O) groups excluding carboxylic acids is 1. The first kappa shape index (κ1) is 9.64. The van der Waals surface area contributed by atoms with Crippen molar-refractivity contribution >= 4 is 11.5 Å². The number of nitro benzene ring substituents is 1. The topological polar surface area (TPSA) is 69.4 Å². The summed E-state index contributed by atoms with van der Waals surface area (Å²) in [4.78, 5) is 21.6. The molecule has 1 aromatic carbocycles. The Hall–Kier alpha value is -1.91. The van der Waals surface area contributed by atoms with Crippen molar-refractivity contribution in [1.82, 2.24) is 0 Å². The summed E-state index contributed by atoms with van der Waals surface area (Å²) in [5.41, 5.74) is 1.22. The molecule has 0 heterocycles. The quantitative estimate of drug-likeness (QED) is 0.547. The lowest BCUT2D eigenvalue weighted by Gasteiger charge is -2.04. The average Bonchev–Trinajstić information content (AvgIpc) is 2.58. The molecule has 1 aromatic rings. The van der Waals surface area contributed by atoms with Crippen LogP contribution in [-0.2, 0) is 6.42 Å². The zero-order valence-electron chi connectivity index (χ0n) is 8.15. The van der Waals surface area contributed by atoms with E-state index in [0.717, 1.165) is 5.56 Å². The van der Waals surface area contributed by atoms with Crippen LogP contribution >= 0.6 is 0 Å². The lowest BCUT2D eigenvalue weighted by Crippen LogP contribution is -1.98. The second-order valence-corrected chi connectivity index (χ2v) is 3.36. The summed E-state index contributed by atoms with van der Waals surface area (Å²) in [6.45, 7) is 0. The van der Waals surface area contributed by atoms with Gasteiger partial charge >= 0.3 is 5.69 Å². The minimum absolute atomic E-state index is 0.0261. The molecule has 1 aliphatic rings. The Bertz CT molecular complexity index is 453. The summed E-state index contributed by atoms with van der Waals surface area (Å²) in [5.74, 6) is 0.173. The van der Waals surface area contributed by atoms with Crippen molar-refractivity contribution in [2.24, 2.45) is 0 Å². The maximum Gasteiger partial charge on any atom is 0.311 e. The predicted molar refractivity (Wildman–Crippen MR) is 52.3 cm³/mol. The smallest absolute Gasteiger partial charge is 0.311 e. The number of ether oxygens (including phenoxy) is 1. The Balaban J connectivity index is 2.61. The van der Waals surface area contributed by atoms with Gasteiger partial charge < -0.3 is 4.74 Å². The predicted octanol–water partition coefficient (Wildman–Crippen LogP) is 1.73. The SMILES string of the molecule is COc1cc2c(cc1[N+](=O)[O-])CCC2=O. The molecule has 5 heteroatoms. The molecule has 1 aliphatic carbocycles. The van der Waals surface area contributed by atoms with E-state index >= 15 is 0 Å². The van der Waals surface area contributed by atoms with Crippen LogP contribution < -0.4 is 4.74 Å². The highest BCUT2D eigenvalue weighted by Gasteiger charge is 2.26. The molecule has 0 atom stereocenters. The van der Waals surface area contributed by atoms with Crippen molar-refractivity contribution in [2.75, 3.05) is 7.11 Å². The summed E-state index contributed by atoms with van der Waals surface area (Å²) >= 11 is 0. The Morgan fingerprint density at radius 2 is 2.13 bits per heavy atom. The van der Waals surface area contributed by atoms with Crippen molar-refractivity contribution in [2.45, 2.75) is 12.8 Å². The largest absolute Gasteiger partial charge is 0.490 e. The summed E-state index contributed by atoms with van der Waals surface area (Å²) in [5, 5.41) is 10.7. The molecule has 0 aromatic heterocycles. The van der Waals surface area contributed by atoms with Gasteiger partial charge in [0.15, 0.2) is 11.5 Å². The van der Waals surface area contributed by atoms with Crippen LogP contribution in [0.15, 0.2) is 12.1 Å². The number of hydrogen-bond acceptors (Lipinski definition) is 4. The van der Waals surface area contributed by atoms with Crippen LogP contribution in [-0.4, -0.2) is 17.8 Å². The zero-order chi connectivity index (χ0) is 11.0. The standard InChI is InChI=1S/C10H9NO4/c1-15-10-5-7-6(2-3-9(7)12)4-8(10)11(13)14/h4-5H,2-3H2,1H3. The van der Waals surface area contributed by atoms with Crippen molar-refractivity contribution in [3.05, 3.63) is 33.4 Å². The van der Waals surface area contributed by atoms with Crippen LogP contribution in [0, 0.1) is 10.1 Å². The van der Waals surface area contributed by atoms with Gasteiger partial charge in [-0.05, 0) is 18.1 Å². The molecule has 0 saturated heterocycles. The number of fused-ring (bicyclic) bond motifs is 1. The number of carbonyl (C=O) groups is 1. The van der Waals surface area contributed by atoms with Crippen LogP contribution in [0.3, 0.4) is 0 Å². The number of ketones is 1. The zero-order valence-corrected chi connectivity index (χ0v) is 8.15. The van der Waals surface area contributed by atoms with Crippen LogP contribution in [0.2, 0.25) is 0 Å². The molecule has 0 radical (unpaired) electrons. The molecule has 0 bridgehead atoms. The molecule has 0 spiro atoms. The van der Waals surface area contributed by atoms with E-state index in [1.54, 1.807) is 0 Å². The van der Waals surface area contributed by atoms with Crippen LogP contribution in [0.5, 0.6) is 5.75 Å². The van der Waals surface area contributed by atoms with Gasteiger partial charge in [0.2, 0.25) is 0 Å². The number of Topliss-reactive ketones (excluding diaryl/α,β-unsaturated/α-hetero) is 1. The number of aryl methyl sites for hydroxylation is 1. The van der Waals surface area contributed by atoms with Gasteiger partial charge in [-0.15, -0.1) is 0 Å². The Labute approximate surface area is 85.8 Å². The Morgan fingerprint density at radius 1 is 1.40 bits per heavy atom. The number of methoxy groups -OCH3 is 1. The van der Waals surface area contributed by atoms with Gasteiger partial charge in [-0.1, -0.05) is 0 Å². The summed E-state index contributed by atoms with van der Waals surface area (Å²) in [6, 6.07) is 2.89. The molecule has 5 nitrogen and oxygen atoms in total. The molecule has 0 saturated carbocycles. The first-order chi connectivity index (χ1) is 7.13. The summed E-state index contributed by atoms with van der Waals surface area (Å²) in [7, 11) is 1.36. The van der Waals surface area contributed by atoms with E-state index in [-0.39, 0.29) is 17.2 Å². The maximum absolute atomic E-state index is 11.4. The summed E-state index contributed by atoms with van der Waals surface area (Å²) in [6.07, 6.45) is 1.01. The van der Waals surface area contributed by atoms with Crippen LogP contribution in [0.4, 0.5) is 5.69 Å². The van der Waals surface area contributed by atoms with E-state index in [0.29, 0.717) is 18.4 Å². The Kier molecular flexibility index (Phi) is 2.15. The van der Waals surface area contributed by atoms with Crippen molar-refractivity contribution in [3.8, 4) is 5.75 Å². The third kappa shape index (κ3) is 1.45. The van der Waals surface area contributed by atoms with E-state index in [2.05, 4.69) is 0 Å². The van der Waals surface area contributed by atoms with Crippen molar-refractivity contribution < 1.29 is 14.5 Å². The third-order valence-corrected chi connectivity index (χ3v) is 2.52. The van der Waals surface area contributed by atoms with Gasteiger partial charge in [0.25, 0.3) is 0 Å². The Morgan fingerprint density at radius 3 is 2.73 bits per heavy atom. The third-order valence-electron chi connectivity index (χ3n) is 2.52. The lowest BCUT2D eigenvalue weighted by atomic mass is 10.1. The summed E-state index contributed by atoms with van der Waals surface area (Å²) < 4.78 is 4.89. The van der Waals surface area contributed by atoms with Crippen molar-refractivity contribution in [1.29, 1.82) is 0 Å². The molecule has 2 rings (SSSR count). The number of hydrogen-bond donors (Lipinski definition) is 0. The van der Waals surface area contributed by atoms with Crippen LogP contribution in [0.25, 0.3) is 0 Å². The van der Waals surface area contributed by atoms with E-state index in [1.165, 1.54) is 19.2 Å². The number of nitrogens with zero attached hydrogens (tertiary/aromatic N) is 1. The first-order valence-electron chi connectivity index (χ1n) is 4.52. The van der Waals surface area contributed by atoms with Gasteiger partial charge in [-0.3, -0.25) is 14.9 Å². The van der Waals surface area contributed by atoms with Gasteiger partial charge in [0, 0.05) is 18.1 Å². The minimum atomic E-state index is -0.498. The fraction of sp³-hybridized carbons (Fsp3) is 0.300. The highest BCUT2D eigenvalue weighted by molar-refractivity contribution is 6.01. The number of rotatable bonds is 2. The van der Waals surface area contributed by atoms with E-state index in [9.17, 15) is 14.9 Å². The maximum atomic E-state index is 11.4. The second kappa shape index (κ2) is 3.34. The van der Waals surface area contributed by atoms with Gasteiger partial charge in [0.05, 0.1) is 12.0 Å². The molecular weight excluding hydrogens is 198 g/mol. The van der Waals surface area contributed by atoms with Gasteiger partial charge in [0.1, 0.15) is 0 Å². The van der Waals surface area contributed by atoms with Crippen LogP contribution in [0.1, 0.15) is 22.3 Å². The lowest BCUT2D eigenvalue weighted by molar-refractivity contribution is -0.385. The van der Waals surface area contributed by atoms with Gasteiger partial charge in [-0.25, -0.2) is 0 Å². The molecular formula is C10H9NO4. The van der Waals surface area contributed by atoms with Crippen molar-refractivity contribution in [3.63, 3.8) is 0 Å². The molecule has 0 fully saturated rings. The fourth-order valence-corrected chi connectivity index (χ4v) is 1.77. The van der Waals surface area contributed by atoms with E-state index in [4.69, 9.17) is 4.74 Å². The number of nitro groups is 1. The highest BCUT2D eigenvalue weighted by Crippen LogP contribution is 2.34.